The van der Waals surface area contributed by atoms with Crippen LogP contribution in [0.3, 0.4) is 0 Å². The van der Waals surface area contributed by atoms with Crippen LogP contribution in [0, 0.1) is 0 Å². The van der Waals surface area contributed by atoms with Gasteiger partial charge in [-0.25, -0.2) is 0 Å². The van der Waals surface area contributed by atoms with Crippen molar-refractivity contribution in [1.82, 2.24) is 5.32 Å². The van der Waals surface area contributed by atoms with Crippen LogP contribution in [0.4, 0.5) is 0 Å². The molecule has 0 saturated heterocycles. The third kappa shape index (κ3) is 5.08. The van der Waals surface area contributed by atoms with E-state index in [-0.39, 0.29) is 18.2 Å². The normalized spacial score (nSPS) is 11.6. The maximum atomic E-state index is 12.0. The second-order valence-corrected chi connectivity index (χ2v) is 5.74. The zero-order valence-electron chi connectivity index (χ0n) is 13.3. The molecule has 2 rings (SSSR count). The molecular weight excluding hydrogens is 328 g/mol. The number of rotatable bonds is 7. The molecule has 0 heterocycles. The largest absolute Gasteiger partial charge is 0.497 e. The molecule has 126 valence electrons. The van der Waals surface area contributed by atoms with E-state index in [4.69, 9.17) is 22.1 Å². The molecule has 0 aliphatic carbocycles. The first-order valence-electron chi connectivity index (χ1n) is 7.44. The van der Waals surface area contributed by atoms with Gasteiger partial charge in [-0.1, -0.05) is 23.7 Å². The fourth-order valence-corrected chi connectivity index (χ4v) is 2.27. The van der Waals surface area contributed by atoms with Crippen LogP contribution >= 0.6 is 11.6 Å². The Morgan fingerprint density at radius 1 is 1.12 bits per heavy atom. The molecule has 0 spiro atoms. The van der Waals surface area contributed by atoms with E-state index in [9.17, 15) is 9.59 Å². The Morgan fingerprint density at radius 2 is 1.75 bits per heavy atom. The molecular formula is C18H19ClN2O3. The SMILES string of the molecule is COc1ccc(C[C@H](N)C(=O)NCC(=O)c2ccc(Cl)cc2)cc1. The van der Waals surface area contributed by atoms with Crippen molar-refractivity contribution in [3.63, 3.8) is 0 Å². The maximum absolute atomic E-state index is 12.0. The van der Waals surface area contributed by atoms with E-state index in [1.54, 1.807) is 31.4 Å². The lowest BCUT2D eigenvalue weighted by Gasteiger charge is -2.12. The van der Waals surface area contributed by atoms with Crippen LogP contribution in [0.15, 0.2) is 48.5 Å². The van der Waals surface area contributed by atoms with Gasteiger partial charge in [-0.05, 0) is 48.4 Å². The maximum Gasteiger partial charge on any atom is 0.237 e. The minimum atomic E-state index is -0.726. The molecule has 1 atom stereocenters. The van der Waals surface area contributed by atoms with Crippen LogP contribution in [-0.4, -0.2) is 31.4 Å². The fraction of sp³-hybridized carbons (Fsp3) is 0.222. The van der Waals surface area contributed by atoms with Gasteiger partial charge in [0.1, 0.15) is 5.75 Å². The zero-order chi connectivity index (χ0) is 17.5. The second-order valence-electron chi connectivity index (χ2n) is 5.31. The van der Waals surface area contributed by atoms with Gasteiger partial charge in [0, 0.05) is 10.6 Å². The highest BCUT2D eigenvalue weighted by Gasteiger charge is 2.15. The van der Waals surface area contributed by atoms with Crippen LogP contribution in [0.5, 0.6) is 5.75 Å². The van der Waals surface area contributed by atoms with Gasteiger partial charge >= 0.3 is 0 Å². The number of Topliss-reactive ketones (excluding diaryl/α,β-unsaturated/α-hetero) is 1. The minimum Gasteiger partial charge on any atom is -0.497 e. The summed E-state index contributed by atoms with van der Waals surface area (Å²) in [5.74, 6) is 0.176. The molecule has 3 N–H and O–H groups in total. The predicted octanol–water partition coefficient (Wildman–Crippen LogP) is 2.22. The molecule has 0 bridgehead atoms. The van der Waals surface area contributed by atoms with E-state index >= 15 is 0 Å². The van der Waals surface area contributed by atoms with Crippen molar-refractivity contribution in [3.8, 4) is 5.75 Å². The quantitative estimate of drug-likeness (QED) is 0.753. The lowest BCUT2D eigenvalue weighted by molar-refractivity contribution is -0.122. The summed E-state index contributed by atoms with van der Waals surface area (Å²) in [4.78, 5) is 24.0. The van der Waals surface area contributed by atoms with Crippen molar-refractivity contribution in [2.75, 3.05) is 13.7 Å². The number of benzene rings is 2. The fourth-order valence-electron chi connectivity index (χ4n) is 2.14. The van der Waals surface area contributed by atoms with Gasteiger partial charge in [0.15, 0.2) is 5.78 Å². The summed E-state index contributed by atoms with van der Waals surface area (Å²) in [6.07, 6.45) is 0.380. The van der Waals surface area contributed by atoms with Gasteiger partial charge in [0.25, 0.3) is 0 Å². The molecule has 1 amide bonds. The van der Waals surface area contributed by atoms with Crippen LogP contribution in [-0.2, 0) is 11.2 Å². The Labute approximate surface area is 145 Å². The highest BCUT2D eigenvalue weighted by Crippen LogP contribution is 2.12. The predicted molar refractivity (Wildman–Crippen MR) is 93.5 cm³/mol. The number of methoxy groups -OCH3 is 1. The first kappa shape index (κ1) is 18.0. The Kier molecular flexibility index (Phi) is 6.35. The smallest absolute Gasteiger partial charge is 0.237 e. The number of carbonyl (C=O) groups is 2. The summed E-state index contributed by atoms with van der Waals surface area (Å²) in [6.45, 7) is -0.100. The van der Waals surface area contributed by atoms with Crippen LogP contribution in [0.2, 0.25) is 5.02 Å². The van der Waals surface area contributed by atoms with Gasteiger partial charge in [-0.15, -0.1) is 0 Å². The monoisotopic (exact) mass is 346 g/mol. The Balaban J connectivity index is 1.84. The number of ether oxygens (including phenoxy) is 1. The van der Waals surface area contributed by atoms with Gasteiger partial charge in [0.2, 0.25) is 5.91 Å². The Bertz CT molecular complexity index is 699. The van der Waals surface area contributed by atoms with Gasteiger partial charge < -0.3 is 15.8 Å². The molecule has 24 heavy (non-hydrogen) atoms. The zero-order valence-corrected chi connectivity index (χ0v) is 14.0. The molecule has 0 aliphatic heterocycles. The molecule has 0 unspecified atom stereocenters. The summed E-state index contributed by atoms with van der Waals surface area (Å²) in [5.41, 5.74) is 7.30. The van der Waals surface area contributed by atoms with Crippen molar-refractivity contribution < 1.29 is 14.3 Å². The highest BCUT2D eigenvalue weighted by atomic mass is 35.5. The molecule has 0 aliphatic rings. The van der Waals surface area contributed by atoms with E-state index in [1.807, 2.05) is 24.3 Å². The number of nitrogens with one attached hydrogen (secondary N) is 1. The van der Waals surface area contributed by atoms with Crippen molar-refractivity contribution in [2.24, 2.45) is 5.73 Å². The molecule has 0 radical (unpaired) electrons. The van der Waals surface area contributed by atoms with Crippen LogP contribution < -0.4 is 15.8 Å². The van der Waals surface area contributed by atoms with Crippen LogP contribution in [0.25, 0.3) is 0 Å². The lowest BCUT2D eigenvalue weighted by atomic mass is 10.1. The van der Waals surface area contributed by atoms with Crippen molar-refractivity contribution in [1.29, 1.82) is 0 Å². The van der Waals surface area contributed by atoms with Gasteiger partial charge in [-0.3, -0.25) is 9.59 Å². The van der Waals surface area contributed by atoms with E-state index in [0.29, 0.717) is 17.0 Å². The Morgan fingerprint density at radius 3 is 2.33 bits per heavy atom. The third-order valence-electron chi connectivity index (χ3n) is 3.54. The first-order chi connectivity index (χ1) is 11.5. The number of carbonyl (C=O) groups excluding carboxylic acids is 2. The minimum absolute atomic E-state index is 0.100. The molecule has 2 aromatic carbocycles. The van der Waals surface area contributed by atoms with Crippen molar-refractivity contribution in [2.45, 2.75) is 12.5 Å². The first-order valence-corrected chi connectivity index (χ1v) is 7.82. The van der Waals surface area contributed by atoms with Crippen molar-refractivity contribution >= 4 is 23.3 Å². The Hall–Kier alpha value is -2.37. The standard InChI is InChI=1S/C18H19ClN2O3/c1-24-15-8-2-12(3-9-15)10-16(20)18(23)21-11-17(22)13-4-6-14(19)7-5-13/h2-9,16H,10-11,20H2,1H3,(H,21,23)/t16-/m0/s1. The third-order valence-corrected chi connectivity index (χ3v) is 3.79. The van der Waals surface area contributed by atoms with E-state index in [2.05, 4.69) is 5.32 Å². The lowest BCUT2D eigenvalue weighted by Crippen LogP contribution is -2.43. The summed E-state index contributed by atoms with van der Waals surface area (Å²) < 4.78 is 5.08. The van der Waals surface area contributed by atoms with Gasteiger partial charge in [0.05, 0.1) is 19.7 Å². The molecule has 0 aromatic heterocycles. The highest BCUT2D eigenvalue weighted by molar-refractivity contribution is 6.30. The summed E-state index contributed by atoms with van der Waals surface area (Å²) in [6, 6.07) is 13.1. The van der Waals surface area contributed by atoms with Crippen molar-refractivity contribution in [3.05, 3.63) is 64.7 Å². The molecule has 5 nitrogen and oxygen atoms in total. The number of hydrogen-bond acceptors (Lipinski definition) is 4. The number of ketones is 1. The topological polar surface area (TPSA) is 81.4 Å². The molecule has 6 heteroatoms. The summed E-state index contributed by atoms with van der Waals surface area (Å²) >= 11 is 5.78. The average molecular weight is 347 g/mol. The molecule has 0 fully saturated rings. The number of halogens is 1. The number of amides is 1. The molecule has 0 saturated carbocycles. The number of nitrogens with two attached hydrogens (primary N) is 1. The van der Waals surface area contributed by atoms with Crippen LogP contribution in [0.1, 0.15) is 15.9 Å². The number of hydrogen-bond donors (Lipinski definition) is 2. The second kappa shape index (κ2) is 8.47. The van der Waals surface area contributed by atoms with E-state index in [1.165, 1.54) is 0 Å². The summed E-state index contributed by atoms with van der Waals surface area (Å²) in [5, 5.41) is 3.12. The summed E-state index contributed by atoms with van der Waals surface area (Å²) in [7, 11) is 1.59. The molecule has 2 aromatic rings. The van der Waals surface area contributed by atoms with E-state index in [0.717, 1.165) is 11.3 Å². The van der Waals surface area contributed by atoms with Gasteiger partial charge in [-0.2, -0.15) is 0 Å². The van der Waals surface area contributed by atoms with E-state index < -0.39 is 6.04 Å². The average Bonchev–Trinajstić information content (AvgIpc) is 2.60.